The maximum Gasteiger partial charge on any atom is 0.332 e. The molecule has 0 saturated carbocycles. The Hall–Kier alpha value is -0.610. The molecule has 0 radical (unpaired) electrons. The maximum absolute atomic E-state index is 10.9. The fourth-order valence-corrected chi connectivity index (χ4v) is 1.71. The number of rotatable bonds is 9. The van der Waals surface area contributed by atoms with Crippen molar-refractivity contribution in [2.45, 2.75) is 52.7 Å². The highest BCUT2D eigenvalue weighted by molar-refractivity contribution is 5.72. The van der Waals surface area contributed by atoms with Gasteiger partial charge in [-0.3, -0.25) is 0 Å². The summed E-state index contributed by atoms with van der Waals surface area (Å²) in [5.41, 5.74) is 0. The van der Waals surface area contributed by atoms with Crippen LogP contribution in [0.2, 0.25) is 0 Å². The number of carboxylic acid groups (broad SMARTS) is 1. The number of ether oxygens (including phenoxy) is 1. The largest absolute Gasteiger partial charge is 0.479 e. The van der Waals surface area contributed by atoms with Crippen molar-refractivity contribution >= 4 is 5.97 Å². The van der Waals surface area contributed by atoms with Crippen LogP contribution in [-0.2, 0) is 9.53 Å². The monoisotopic (exact) mass is 231 g/mol. The topological polar surface area (TPSA) is 49.8 Å². The Morgan fingerprint density at radius 2 is 2.00 bits per heavy atom. The molecule has 2 atom stereocenters. The lowest BCUT2D eigenvalue weighted by Gasteiger charge is -2.27. The van der Waals surface area contributed by atoms with Crippen LogP contribution < -0.4 is 0 Å². The molecule has 0 heterocycles. The third-order valence-electron chi connectivity index (χ3n) is 2.94. The van der Waals surface area contributed by atoms with Gasteiger partial charge >= 0.3 is 5.97 Å². The second-order valence-corrected chi connectivity index (χ2v) is 3.96. The molecule has 0 aliphatic rings. The summed E-state index contributed by atoms with van der Waals surface area (Å²) in [4.78, 5) is 13.2. The smallest absolute Gasteiger partial charge is 0.332 e. The predicted octanol–water partition coefficient (Wildman–Crippen LogP) is 1.99. The van der Waals surface area contributed by atoms with Crippen molar-refractivity contribution < 1.29 is 14.6 Å². The van der Waals surface area contributed by atoms with Gasteiger partial charge in [0.2, 0.25) is 0 Å². The van der Waals surface area contributed by atoms with E-state index in [0.717, 1.165) is 19.5 Å². The number of carbonyl (C=O) groups is 1. The Morgan fingerprint density at radius 1 is 1.38 bits per heavy atom. The van der Waals surface area contributed by atoms with Crippen molar-refractivity contribution in [2.75, 3.05) is 19.7 Å². The van der Waals surface area contributed by atoms with Crippen LogP contribution in [0.1, 0.15) is 40.5 Å². The zero-order valence-electron chi connectivity index (χ0n) is 10.9. The Labute approximate surface area is 98.6 Å². The first kappa shape index (κ1) is 15.4. The van der Waals surface area contributed by atoms with Crippen LogP contribution in [0.3, 0.4) is 0 Å². The SMILES string of the molecule is CCOC(CCN(CC)C(C)CC)C(=O)O. The van der Waals surface area contributed by atoms with Gasteiger partial charge in [-0.2, -0.15) is 0 Å². The van der Waals surface area contributed by atoms with E-state index in [-0.39, 0.29) is 0 Å². The van der Waals surface area contributed by atoms with Crippen molar-refractivity contribution in [1.29, 1.82) is 0 Å². The third kappa shape index (κ3) is 5.47. The molecule has 0 bridgehead atoms. The molecular formula is C12H25NO3. The minimum Gasteiger partial charge on any atom is -0.479 e. The van der Waals surface area contributed by atoms with Gasteiger partial charge in [0.05, 0.1) is 0 Å². The zero-order valence-corrected chi connectivity index (χ0v) is 10.9. The van der Waals surface area contributed by atoms with Gasteiger partial charge in [0.25, 0.3) is 0 Å². The van der Waals surface area contributed by atoms with E-state index < -0.39 is 12.1 Å². The van der Waals surface area contributed by atoms with Crippen LogP contribution in [0.4, 0.5) is 0 Å². The Kier molecular flexibility index (Phi) is 8.21. The molecule has 1 N–H and O–H groups in total. The molecule has 4 heteroatoms. The van der Waals surface area contributed by atoms with E-state index in [1.165, 1.54) is 0 Å². The van der Waals surface area contributed by atoms with Gasteiger partial charge in [-0.05, 0) is 33.2 Å². The van der Waals surface area contributed by atoms with Crippen molar-refractivity contribution in [3.8, 4) is 0 Å². The molecule has 96 valence electrons. The molecule has 0 spiro atoms. The van der Waals surface area contributed by atoms with E-state index in [1.807, 2.05) is 6.92 Å². The molecule has 4 nitrogen and oxygen atoms in total. The molecule has 0 fully saturated rings. The van der Waals surface area contributed by atoms with E-state index >= 15 is 0 Å². The van der Waals surface area contributed by atoms with Crippen molar-refractivity contribution in [3.05, 3.63) is 0 Å². The number of nitrogens with zero attached hydrogens (tertiary/aromatic N) is 1. The van der Waals surface area contributed by atoms with Crippen molar-refractivity contribution in [3.63, 3.8) is 0 Å². The van der Waals surface area contributed by atoms with Crippen molar-refractivity contribution in [1.82, 2.24) is 4.90 Å². The number of hydrogen-bond donors (Lipinski definition) is 1. The van der Waals surface area contributed by atoms with Crippen LogP contribution in [0.25, 0.3) is 0 Å². The van der Waals surface area contributed by atoms with Crippen molar-refractivity contribution in [2.24, 2.45) is 0 Å². The second kappa shape index (κ2) is 8.53. The quantitative estimate of drug-likeness (QED) is 0.659. The molecule has 0 aliphatic heterocycles. The van der Waals surface area contributed by atoms with Gasteiger partial charge in [-0.25, -0.2) is 4.79 Å². The van der Waals surface area contributed by atoms with Gasteiger partial charge < -0.3 is 14.7 Å². The maximum atomic E-state index is 10.9. The Bertz CT molecular complexity index is 197. The molecule has 0 rings (SSSR count). The first-order valence-corrected chi connectivity index (χ1v) is 6.15. The van der Waals surface area contributed by atoms with E-state index in [1.54, 1.807) is 0 Å². The zero-order chi connectivity index (χ0) is 12.6. The molecule has 0 aromatic carbocycles. The third-order valence-corrected chi connectivity index (χ3v) is 2.94. The molecule has 0 aromatic rings. The summed E-state index contributed by atoms with van der Waals surface area (Å²) in [7, 11) is 0. The van der Waals surface area contributed by atoms with Crippen LogP contribution >= 0.6 is 0 Å². The first-order chi connectivity index (χ1) is 7.56. The summed E-state index contributed by atoms with van der Waals surface area (Å²) < 4.78 is 5.19. The number of hydrogen-bond acceptors (Lipinski definition) is 3. The minimum atomic E-state index is -0.859. The van der Waals surface area contributed by atoms with E-state index in [9.17, 15) is 4.79 Å². The summed E-state index contributed by atoms with van der Waals surface area (Å²) in [6, 6.07) is 0.501. The van der Waals surface area contributed by atoms with E-state index in [2.05, 4.69) is 25.7 Å². The summed E-state index contributed by atoms with van der Waals surface area (Å²) in [6.07, 6.45) is 0.977. The first-order valence-electron chi connectivity index (χ1n) is 6.15. The Morgan fingerprint density at radius 3 is 2.38 bits per heavy atom. The average molecular weight is 231 g/mol. The lowest BCUT2D eigenvalue weighted by Crippen LogP contribution is -2.36. The average Bonchev–Trinajstić information content (AvgIpc) is 2.27. The van der Waals surface area contributed by atoms with Crippen LogP contribution in [0.15, 0.2) is 0 Å². The summed E-state index contributed by atoms with van der Waals surface area (Å²) in [5.74, 6) is -0.859. The normalized spacial score (nSPS) is 15.1. The highest BCUT2D eigenvalue weighted by Crippen LogP contribution is 2.07. The molecule has 0 aliphatic carbocycles. The molecule has 0 aromatic heterocycles. The summed E-state index contributed by atoms with van der Waals surface area (Å²) in [5, 5.41) is 8.94. The molecule has 0 amide bonds. The lowest BCUT2D eigenvalue weighted by atomic mass is 10.2. The fourth-order valence-electron chi connectivity index (χ4n) is 1.71. The van der Waals surface area contributed by atoms with Gasteiger partial charge in [-0.1, -0.05) is 13.8 Å². The van der Waals surface area contributed by atoms with E-state index in [0.29, 0.717) is 19.1 Å². The van der Waals surface area contributed by atoms with Crippen LogP contribution in [0, 0.1) is 0 Å². The summed E-state index contributed by atoms with van der Waals surface area (Å²) in [6.45, 7) is 10.4. The van der Waals surface area contributed by atoms with Crippen LogP contribution in [0.5, 0.6) is 0 Å². The lowest BCUT2D eigenvalue weighted by molar-refractivity contribution is -0.150. The number of aliphatic carboxylic acids is 1. The second-order valence-electron chi connectivity index (χ2n) is 3.96. The highest BCUT2D eigenvalue weighted by Gasteiger charge is 2.19. The van der Waals surface area contributed by atoms with Crippen LogP contribution in [-0.4, -0.2) is 47.8 Å². The molecular weight excluding hydrogens is 206 g/mol. The summed E-state index contributed by atoms with van der Waals surface area (Å²) >= 11 is 0. The Balaban J connectivity index is 4.10. The van der Waals surface area contributed by atoms with E-state index in [4.69, 9.17) is 9.84 Å². The minimum absolute atomic E-state index is 0.451. The highest BCUT2D eigenvalue weighted by atomic mass is 16.5. The fraction of sp³-hybridized carbons (Fsp3) is 0.917. The standard InChI is InChI=1S/C12H25NO3/c1-5-10(4)13(6-2)9-8-11(12(14)15)16-7-3/h10-11H,5-9H2,1-4H3,(H,14,15). The molecule has 2 unspecified atom stereocenters. The van der Waals surface area contributed by atoms with Gasteiger partial charge in [-0.15, -0.1) is 0 Å². The predicted molar refractivity (Wildman–Crippen MR) is 64.7 cm³/mol. The number of carboxylic acids is 1. The molecule has 0 saturated heterocycles. The molecule has 16 heavy (non-hydrogen) atoms. The van der Waals surface area contributed by atoms with Gasteiger partial charge in [0.15, 0.2) is 6.10 Å². The van der Waals surface area contributed by atoms with Gasteiger partial charge in [0, 0.05) is 19.2 Å². The van der Waals surface area contributed by atoms with Gasteiger partial charge in [0.1, 0.15) is 0 Å².